The highest BCUT2D eigenvalue weighted by molar-refractivity contribution is 8.00. The molecule has 0 aromatic heterocycles. The van der Waals surface area contributed by atoms with E-state index < -0.39 is 0 Å². The fourth-order valence-corrected chi connectivity index (χ4v) is 4.12. The van der Waals surface area contributed by atoms with E-state index in [1.54, 1.807) is 0 Å². The van der Waals surface area contributed by atoms with Gasteiger partial charge in [0.25, 0.3) is 0 Å². The van der Waals surface area contributed by atoms with E-state index in [2.05, 4.69) is 37.2 Å². The lowest BCUT2D eigenvalue weighted by atomic mass is 10.0. The van der Waals surface area contributed by atoms with Crippen LogP contribution in [0.4, 0.5) is 0 Å². The molecule has 0 bridgehead atoms. The summed E-state index contributed by atoms with van der Waals surface area (Å²) in [6.45, 7) is 9.52. The highest BCUT2D eigenvalue weighted by atomic mass is 32.2. The molecule has 1 aliphatic heterocycles. The van der Waals surface area contributed by atoms with E-state index in [1.807, 2.05) is 11.8 Å². The quantitative estimate of drug-likeness (QED) is 0.765. The van der Waals surface area contributed by atoms with Gasteiger partial charge in [-0.25, -0.2) is 0 Å². The van der Waals surface area contributed by atoms with Gasteiger partial charge in [-0.3, -0.25) is 4.90 Å². The molecule has 3 heteroatoms. The molecule has 2 fully saturated rings. The number of hydrogen-bond donors (Lipinski definition) is 1. The summed E-state index contributed by atoms with van der Waals surface area (Å²) >= 11 is 2.04. The molecule has 0 aromatic rings. The van der Waals surface area contributed by atoms with Crippen molar-refractivity contribution in [3.63, 3.8) is 0 Å². The van der Waals surface area contributed by atoms with Gasteiger partial charge in [-0.1, -0.05) is 13.8 Å². The highest BCUT2D eigenvalue weighted by Crippen LogP contribution is 2.34. The van der Waals surface area contributed by atoms with Gasteiger partial charge in [-0.15, -0.1) is 0 Å². The summed E-state index contributed by atoms with van der Waals surface area (Å²) in [6.07, 6.45) is 9.03. The molecule has 1 N–H and O–H groups in total. The van der Waals surface area contributed by atoms with Gasteiger partial charge in [0.05, 0.1) is 0 Å². The molecule has 2 nitrogen and oxygen atoms in total. The van der Waals surface area contributed by atoms with Gasteiger partial charge in [0.15, 0.2) is 0 Å². The molecule has 0 spiro atoms. The molecule has 1 saturated carbocycles. The SMILES string of the molecule is CCC(CC)(CNC1CC(C)N(C2CC2)C1)SC. The molecule has 0 aromatic carbocycles. The maximum absolute atomic E-state index is 3.86. The Labute approximate surface area is 117 Å². The zero-order valence-electron chi connectivity index (χ0n) is 12.5. The minimum Gasteiger partial charge on any atom is -0.311 e. The predicted molar refractivity (Wildman–Crippen MR) is 82.4 cm³/mol. The van der Waals surface area contributed by atoms with E-state index >= 15 is 0 Å². The normalized spacial score (nSPS) is 30.0. The number of thioether (sulfide) groups is 1. The molecule has 1 saturated heterocycles. The Balaban J connectivity index is 1.80. The lowest BCUT2D eigenvalue weighted by Crippen LogP contribution is -2.43. The average Bonchev–Trinajstić information content (AvgIpc) is 3.16. The Morgan fingerprint density at radius 2 is 1.94 bits per heavy atom. The fraction of sp³-hybridized carbons (Fsp3) is 1.00. The first-order chi connectivity index (χ1) is 8.64. The average molecular weight is 270 g/mol. The van der Waals surface area contributed by atoms with E-state index in [9.17, 15) is 0 Å². The first-order valence-electron chi connectivity index (χ1n) is 7.68. The molecular formula is C15H30N2S. The smallest absolute Gasteiger partial charge is 0.0276 e. The Bertz CT molecular complexity index is 253. The van der Waals surface area contributed by atoms with E-state index in [1.165, 1.54) is 45.2 Å². The van der Waals surface area contributed by atoms with Crippen molar-refractivity contribution in [2.45, 2.75) is 75.7 Å². The summed E-state index contributed by atoms with van der Waals surface area (Å²) < 4.78 is 0.455. The Morgan fingerprint density at radius 3 is 2.44 bits per heavy atom. The molecule has 18 heavy (non-hydrogen) atoms. The first kappa shape index (κ1) is 14.7. The topological polar surface area (TPSA) is 15.3 Å². The summed E-state index contributed by atoms with van der Waals surface area (Å²) in [5, 5.41) is 3.86. The van der Waals surface area contributed by atoms with Crippen molar-refractivity contribution in [2.24, 2.45) is 0 Å². The summed E-state index contributed by atoms with van der Waals surface area (Å²) in [7, 11) is 0. The van der Waals surface area contributed by atoms with E-state index in [0.717, 1.165) is 18.1 Å². The van der Waals surface area contributed by atoms with Crippen LogP contribution in [-0.4, -0.2) is 47.1 Å². The van der Waals surface area contributed by atoms with Crippen LogP contribution in [0, 0.1) is 0 Å². The zero-order chi connectivity index (χ0) is 13.2. The van der Waals surface area contributed by atoms with Crippen molar-refractivity contribution in [2.75, 3.05) is 19.3 Å². The second-order valence-corrected chi connectivity index (χ2v) is 7.46. The number of nitrogens with zero attached hydrogens (tertiary/aromatic N) is 1. The van der Waals surface area contributed by atoms with Gasteiger partial charge < -0.3 is 5.32 Å². The Hall–Kier alpha value is 0.270. The molecule has 2 aliphatic rings. The summed E-state index contributed by atoms with van der Waals surface area (Å²) in [5.74, 6) is 0. The third-order valence-electron chi connectivity index (χ3n) is 5.07. The van der Waals surface area contributed by atoms with Crippen molar-refractivity contribution in [3.05, 3.63) is 0 Å². The lowest BCUT2D eigenvalue weighted by molar-refractivity contribution is 0.254. The molecule has 1 heterocycles. The largest absolute Gasteiger partial charge is 0.311 e. The van der Waals surface area contributed by atoms with Crippen LogP contribution in [0.15, 0.2) is 0 Å². The van der Waals surface area contributed by atoms with Crippen molar-refractivity contribution < 1.29 is 0 Å². The predicted octanol–water partition coefficient (Wildman–Crippen LogP) is 3.12. The number of likely N-dealkylation sites (tertiary alicyclic amines) is 1. The second kappa shape index (κ2) is 6.15. The third kappa shape index (κ3) is 3.23. The lowest BCUT2D eigenvalue weighted by Gasteiger charge is -2.31. The number of nitrogens with one attached hydrogen (secondary N) is 1. The van der Waals surface area contributed by atoms with Gasteiger partial charge in [0.2, 0.25) is 0 Å². The molecule has 0 radical (unpaired) electrons. The van der Waals surface area contributed by atoms with Gasteiger partial charge in [0, 0.05) is 36.0 Å². The van der Waals surface area contributed by atoms with Gasteiger partial charge in [-0.2, -0.15) is 11.8 Å². The maximum atomic E-state index is 3.86. The summed E-state index contributed by atoms with van der Waals surface area (Å²) in [5.41, 5.74) is 0. The number of rotatable bonds is 7. The molecule has 106 valence electrons. The fourth-order valence-electron chi connectivity index (χ4n) is 3.31. The highest BCUT2D eigenvalue weighted by Gasteiger charge is 2.39. The zero-order valence-corrected chi connectivity index (χ0v) is 13.4. The van der Waals surface area contributed by atoms with Crippen molar-refractivity contribution in [1.29, 1.82) is 0 Å². The van der Waals surface area contributed by atoms with Crippen LogP contribution in [0.25, 0.3) is 0 Å². The first-order valence-corrected chi connectivity index (χ1v) is 8.91. The van der Waals surface area contributed by atoms with Gasteiger partial charge >= 0.3 is 0 Å². The van der Waals surface area contributed by atoms with Crippen molar-refractivity contribution in [1.82, 2.24) is 10.2 Å². The van der Waals surface area contributed by atoms with Crippen LogP contribution in [0.2, 0.25) is 0 Å². The van der Waals surface area contributed by atoms with Gasteiger partial charge in [-0.05, 0) is 45.3 Å². The van der Waals surface area contributed by atoms with Crippen LogP contribution < -0.4 is 5.32 Å². The van der Waals surface area contributed by atoms with E-state index in [4.69, 9.17) is 0 Å². The minimum absolute atomic E-state index is 0.455. The minimum atomic E-state index is 0.455. The standard InChI is InChI=1S/C15H30N2S/c1-5-15(6-2,18-4)11-16-13-9-12(3)17(10-13)14-7-8-14/h12-14,16H,5-11H2,1-4H3. The van der Waals surface area contributed by atoms with Crippen LogP contribution in [-0.2, 0) is 0 Å². The molecule has 2 atom stereocenters. The molecule has 2 unspecified atom stereocenters. The van der Waals surface area contributed by atoms with Crippen LogP contribution >= 0.6 is 11.8 Å². The molecule has 1 aliphatic carbocycles. The van der Waals surface area contributed by atoms with Crippen LogP contribution in [0.3, 0.4) is 0 Å². The molecular weight excluding hydrogens is 240 g/mol. The van der Waals surface area contributed by atoms with Gasteiger partial charge in [0.1, 0.15) is 0 Å². The third-order valence-corrected chi connectivity index (χ3v) is 6.66. The van der Waals surface area contributed by atoms with E-state index in [-0.39, 0.29) is 0 Å². The van der Waals surface area contributed by atoms with Crippen molar-refractivity contribution >= 4 is 11.8 Å². The molecule has 0 amide bonds. The number of hydrogen-bond acceptors (Lipinski definition) is 3. The summed E-state index contributed by atoms with van der Waals surface area (Å²) in [6, 6.07) is 2.45. The van der Waals surface area contributed by atoms with Crippen LogP contribution in [0.5, 0.6) is 0 Å². The van der Waals surface area contributed by atoms with Crippen molar-refractivity contribution in [3.8, 4) is 0 Å². The summed E-state index contributed by atoms with van der Waals surface area (Å²) in [4.78, 5) is 2.73. The molecule has 2 rings (SSSR count). The Kier molecular flexibility index (Phi) is 5.01. The van der Waals surface area contributed by atoms with E-state index in [0.29, 0.717) is 4.75 Å². The second-order valence-electron chi connectivity index (χ2n) is 6.18. The van der Waals surface area contributed by atoms with Crippen LogP contribution in [0.1, 0.15) is 52.9 Å². The Morgan fingerprint density at radius 1 is 1.28 bits per heavy atom. The monoisotopic (exact) mass is 270 g/mol. The maximum Gasteiger partial charge on any atom is 0.0276 e.